The van der Waals surface area contributed by atoms with Crippen molar-refractivity contribution >= 4 is 5.91 Å². The number of nitrogens with zero attached hydrogens (tertiary/aromatic N) is 3. The van der Waals surface area contributed by atoms with E-state index < -0.39 is 0 Å². The van der Waals surface area contributed by atoms with Crippen LogP contribution in [0, 0.1) is 11.3 Å². The largest absolute Gasteiger partial charge is 0.342 e. The Labute approximate surface area is 141 Å². The van der Waals surface area contributed by atoms with Crippen LogP contribution in [0.4, 0.5) is 0 Å². The van der Waals surface area contributed by atoms with Crippen molar-refractivity contribution in [2.75, 3.05) is 46.3 Å². The van der Waals surface area contributed by atoms with Crippen molar-refractivity contribution in [3.05, 3.63) is 0 Å². The summed E-state index contributed by atoms with van der Waals surface area (Å²) in [6.07, 6.45) is 10.1. The molecule has 1 aliphatic carbocycles. The van der Waals surface area contributed by atoms with Crippen molar-refractivity contribution in [1.82, 2.24) is 14.7 Å². The number of likely N-dealkylation sites (tertiary alicyclic amines) is 3. The van der Waals surface area contributed by atoms with Crippen LogP contribution >= 0.6 is 0 Å². The van der Waals surface area contributed by atoms with Gasteiger partial charge in [-0.1, -0.05) is 6.42 Å². The van der Waals surface area contributed by atoms with Gasteiger partial charge in [0.15, 0.2) is 0 Å². The minimum absolute atomic E-state index is 0.0225. The molecule has 1 saturated carbocycles. The maximum atomic E-state index is 13.2. The Hall–Kier alpha value is -0.610. The second-order valence-electron chi connectivity index (χ2n) is 8.69. The molecular weight excluding hydrogens is 286 g/mol. The molecule has 0 bridgehead atoms. The summed E-state index contributed by atoms with van der Waals surface area (Å²) in [4.78, 5) is 20.5. The Morgan fingerprint density at radius 3 is 2.48 bits per heavy atom. The van der Waals surface area contributed by atoms with E-state index in [2.05, 4.69) is 21.7 Å². The van der Waals surface area contributed by atoms with E-state index in [-0.39, 0.29) is 5.41 Å². The summed E-state index contributed by atoms with van der Waals surface area (Å²) in [6, 6.07) is 0.723. The second-order valence-corrected chi connectivity index (χ2v) is 8.69. The third-order valence-corrected chi connectivity index (χ3v) is 7.12. The lowest BCUT2D eigenvalue weighted by molar-refractivity contribution is -0.147. The molecule has 23 heavy (non-hydrogen) atoms. The van der Waals surface area contributed by atoms with Gasteiger partial charge in [-0.25, -0.2) is 0 Å². The molecule has 0 aromatic heterocycles. The van der Waals surface area contributed by atoms with Crippen molar-refractivity contribution in [3.63, 3.8) is 0 Å². The molecule has 4 rings (SSSR count). The fraction of sp³-hybridized carbons (Fsp3) is 0.947. The van der Waals surface area contributed by atoms with Crippen molar-refractivity contribution < 1.29 is 4.79 Å². The third kappa shape index (κ3) is 3.05. The SMILES string of the molecule is CN1CCC(N2CC[C@@]3(CCCN(CC4CCC4)C3=O)C2)CC1. The van der Waals surface area contributed by atoms with E-state index in [1.165, 1.54) is 51.6 Å². The van der Waals surface area contributed by atoms with Crippen LogP contribution in [-0.4, -0.2) is 73.0 Å². The predicted octanol–water partition coefficient (Wildman–Crippen LogP) is 2.20. The summed E-state index contributed by atoms with van der Waals surface area (Å²) in [7, 11) is 2.23. The normalized spacial score (nSPS) is 35.2. The Balaban J connectivity index is 1.38. The van der Waals surface area contributed by atoms with Gasteiger partial charge in [-0.15, -0.1) is 0 Å². The summed E-state index contributed by atoms with van der Waals surface area (Å²) in [6.45, 7) is 6.70. The summed E-state index contributed by atoms with van der Waals surface area (Å²) < 4.78 is 0. The van der Waals surface area contributed by atoms with Gasteiger partial charge >= 0.3 is 0 Å². The van der Waals surface area contributed by atoms with Crippen LogP contribution in [0.25, 0.3) is 0 Å². The van der Waals surface area contributed by atoms with Crippen LogP contribution in [0.15, 0.2) is 0 Å². The zero-order valence-electron chi connectivity index (χ0n) is 14.8. The number of carbonyl (C=O) groups excluding carboxylic acids is 1. The fourth-order valence-corrected chi connectivity index (χ4v) is 5.27. The molecule has 1 spiro atoms. The van der Waals surface area contributed by atoms with Gasteiger partial charge in [-0.05, 0) is 77.5 Å². The summed E-state index contributed by atoms with van der Waals surface area (Å²) in [5.41, 5.74) is -0.0225. The number of amides is 1. The zero-order valence-corrected chi connectivity index (χ0v) is 14.8. The number of piperidine rings is 2. The maximum absolute atomic E-state index is 13.2. The van der Waals surface area contributed by atoms with Gasteiger partial charge in [0.2, 0.25) is 5.91 Å². The van der Waals surface area contributed by atoms with Crippen molar-refractivity contribution in [1.29, 1.82) is 0 Å². The van der Waals surface area contributed by atoms with E-state index in [4.69, 9.17) is 0 Å². The number of carbonyl (C=O) groups is 1. The molecule has 130 valence electrons. The van der Waals surface area contributed by atoms with Gasteiger partial charge in [0.25, 0.3) is 0 Å². The highest BCUT2D eigenvalue weighted by atomic mass is 16.2. The maximum Gasteiger partial charge on any atom is 0.230 e. The third-order valence-electron chi connectivity index (χ3n) is 7.12. The van der Waals surface area contributed by atoms with Crippen molar-refractivity contribution in [3.8, 4) is 0 Å². The van der Waals surface area contributed by atoms with Crippen LogP contribution in [0.2, 0.25) is 0 Å². The minimum atomic E-state index is -0.0225. The first-order chi connectivity index (χ1) is 11.2. The highest BCUT2D eigenvalue weighted by Crippen LogP contribution is 2.42. The van der Waals surface area contributed by atoms with E-state index in [1.807, 2.05) is 0 Å². The summed E-state index contributed by atoms with van der Waals surface area (Å²) in [5, 5.41) is 0. The molecule has 0 aromatic carbocycles. The lowest BCUT2D eigenvalue weighted by Gasteiger charge is -2.43. The highest BCUT2D eigenvalue weighted by molar-refractivity contribution is 5.84. The van der Waals surface area contributed by atoms with Gasteiger partial charge in [0.05, 0.1) is 5.41 Å². The van der Waals surface area contributed by atoms with Gasteiger partial charge in [-0.2, -0.15) is 0 Å². The summed E-state index contributed by atoms with van der Waals surface area (Å²) >= 11 is 0. The van der Waals surface area contributed by atoms with Gasteiger partial charge in [-0.3, -0.25) is 9.69 Å². The molecule has 0 unspecified atom stereocenters. The molecule has 0 radical (unpaired) electrons. The Kier molecular flexibility index (Phi) is 4.39. The Morgan fingerprint density at radius 1 is 1.00 bits per heavy atom. The fourth-order valence-electron chi connectivity index (χ4n) is 5.27. The first-order valence-corrected chi connectivity index (χ1v) is 9.88. The summed E-state index contributed by atoms with van der Waals surface area (Å²) in [5.74, 6) is 1.31. The molecule has 1 amide bonds. The highest BCUT2D eigenvalue weighted by Gasteiger charge is 2.49. The van der Waals surface area contributed by atoms with E-state index in [0.29, 0.717) is 5.91 Å². The second kappa shape index (κ2) is 6.36. The van der Waals surface area contributed by atoms with Crippen molar-refractivity contribution in [2.45, 2.75) is 57.4 Å². The predicted molar refractivity (Wildman–Crippen MR) is 92.3 cm³/mol. The molecule has 3 saturated heterocycles. The molecule has 0 N–H and O–H groups in total. The van der Waals surface area contributed by atoms with E-state index in [1.54, 1.807) is 0 Å². The number of rotatable bonds is 3. The standard InChI is InChI=1S/C19H33N3O/c1-20-11-6-17(7-12-20)22-13-9-19(15-22)8-3-10-21(18(19)23)14-16-4-2-5-16/h16-17H,2-15H2,1H3/t19-/m0/s1. The average Bonchev–Trinajstić information content (AvgIpc) is 2.93. The monoisotopic (exact) mass is 319 g/mol. The van der Waals surface area contributed by atoms with Gasteiger partial charge < -0.3 is 9.80 Å². The zero-order chi connectivity index (χ0) is 15.9. The molecule has 4 fully saturated rings. The first-order valence-electron chi connectivity index (χ1n) is 9.88. The van der Waals surface area contributed by atoms with E-state index in [9.17, 15) is 4.79 Å². The molecule has 1 atom stereocenters. The first kappa shape index (κ1) is 15.9. The van der Waals surface area contributed by atoms with Gasteiger partial charge in [0.1, 0.15) is 0 Å². The molecular formula is C19H33N3O. The van der Waals surface area contributed by atoms with Crippen LogP contribution in [-0.2, 0) is 4.79 Å². The lowest BCUT2D eigenvalue weighted by Crippen LogP contribution is -2.52. The molecule has 4 nitrogen and oxygen atoms in total. The Bertz CT molecular complexity index is 442. The minimum Gasteiger partial charge on any atom is -0.342 e. The van der Waals surface area contributed by atoms with Crippen LogP contribution < -0.4 is 0 Å². The van der Waals surface area contributed by atoms with Crippen LogP contribution in [0.5, 0.6) is 0 Å². The smallest absolute Gasteiger partial charge is 0.230 e. The molecule has 0 aromatic rings. The van der Waals surface area contributed by atoms with Crippen LogP contribution in [0.1, 0.15) is 51.4 Å². The topological polar surface area (TPSA) is 26.8 Å². The molecule has 3 aliphatic heterocycles. The molecule has 4 heteroatoms. The van der Waals surface area contributed by atoms with Crippen LogP contribution in [0.3, 0.4) is 0 Å². The number of hydrogen-bond acceptors (Lipinski definition) is 3. The average molecular weight is 319 g/mol. The van der Waals surface area contributed by atoms with E-state index in [0.717, 1.165) is 51.0 Å². The number of hydrogen-bond donors (Lipinski definition) is 0. The lowest BCUT2D eigenvalue weighted by atomic mass is 9.77. The van der Waals surface area contributed by atoms with E-state index >= 15 is 0 Å². The van der Waals surface area contributed by atoms with Crippen molar-refractivity contribution in [2.24, 2.45) is 11.3 Å². The Morgan fingerprint density at radius 2 is 1.78 bits per heavy atom. The van der Waals surface area contributed by atoms with Gasteiger partial charge in [0, 0.05) is 25.7 Å². The molecule has 4 aliphatic rings. The molecule has 3 heterocycles. The quantitative estimate of drug-likeness (QED) is 0.798.